The third-order valence-corrected chi connectivity index (χ3v) is 3.04. The molecule has 1 unspecified atom stereocenters. The van der Waals surface area contributed by atoms with Gasteiger partial charge in [0.15, 0.2) is 0 Å². The van der Waals surface area contributed by atoms with Crippen molar-refractivity contribution < 1.29 is 9.53 Å². The molecule has 3 N–H and O–H groups in total. The van der Waals surface area contributed by atoms with E-state index in [0.29, 0.717) is 23.8 Å². The molecule has 1 aromatic rings. The second kappa shape index (κ2) is 5.82. The van der Waals surface area contributed by atoms with Crippen LogP contribution in [0.25, 0.3) is 0 Å². The van der Waals surface area contributed by atoms with Crippen molar-refractivity contribution in [3.63, 3.8) is 0 Å². The van der Waals surface area contributed by atoms with Crippen LogP contribution in [-0.4, -0.2) is 30.6 Å². The Bertz CT molecular complexity index is 408. The standard InChI is InChI=1S/C13H19N3O2/c1-9-5-11(6-12(14)16-9)13(17)15-7-10-3-2-4-18-8-10/h5-6,10H,2-4,7-8H2,1H3,(H2,14,16)(H,15,17). The van der Waals surface area contributed by atoms with E-state index in [4.69, 9.17) is 10.5 Å². The van der Waals surface area contributed by atoms with Crippen molar-refractivity contribution in [1.82, 2.24) is 10.3 Å². The van der Waals surface area contributed by atoms with E-state index in [9.17, 15) is 4.79 Å². The highest BCUT2D eigenvalue weighted by Crippen LogP contribution is 2.13. The van der Waals surface area contributed by atoms with Gasteiger partial charge in [-0.1, -0.05) is 0 Å². The maximum atomic E-state index is 12.0. The Hall–Kier alpha value is -1.62. The Balaban J connectivity index is 1.90. The van der Waals surface area contributed by atoms with E-state index < -0.39 is 0 Å². The summed E-state index contributed by atoms with van der Waals surface area (Å²) in [6.45, 7) is 4.05. The van der Waals surface area contributed by atoms with Crippen LogP contribution in [0.3, 0.4) is 0 Å². The van der Waals surface area contributed by atoms with Gasteiger partial charge in [0.05, 0.1) is 6.61 Å². The molecule has 0 bridgehead atoms. The van der Waals surface area contributed by atoms with E-state index >= 15 is 0 Å². The van der Waals surface area contributed by atoms with Gasteiger partial charge in [-0.15, -0.1) is 0 Å². The highest BCUT2D eigenvalue weighted by Gasteiger charge is 2.15. The average molecular weight is 249 g/mol. The number of nitrogen functional groups attached to an aromatic ring is 1. The van der Waals surface area contributed by atoms with Crippen LogP contribution < -0.4 is 11.1 Å². The first-order valence-corrected chi connectivity index (χ1v) is 6.25. The summed E-state index contributed by atoms with van der Waals surface area (Å²) in [5, 5.41) is 2.92. The molecule has 5 nitrogen and oxygen atoms in total. The number of nitrogens with two attached hydrogens (primary N) is 1. The second-order valence-corrected chi connectivity index (χ2v) is 4.72. The van der Waals surface area contributed by atoms with Gasteiger partial charge in [-0.2, -0.15) is 0 Å². The molecule has 0 aliphatic carbocycles. The lowest BCUT2D eigenvalue weighted by atomic mass is 10.0. The maximum Gasteiger partial charge on any atom is 0.251 e. The van der Waals surface area contributed by atoms with E-state index in [-0.39, 0.29) is 5.91 Å². The van der Waals surface area contributed by atoms with Gasteiger partial charge in [0.2, 0.25) is 0 Å². The fourth-order valence-electron chi connectivity index (χ4n) is 2.13. The third kappa shape index (κ3) is 3.43. The third-order valence-electron chi connectivity index (χ3n) is 3.04. The van der Waals surface area contributed by atoms with Gasteiger partial charge >= 0.3 is 0 Å². The molecule has 5 heteroatoms. The van der Waals surface area contributed by atoms with Crippen LogP contribution in [0.4, 0.5) is 5.82 Å². The number of nitrogens with zero attached hydrogens (tertiary/aromatic N) is 1. The lowest BCUT2D eigenvalue weighted by Crippen LogP contribution is -2.33. The zero-order chi connectivity index (χ0) is 13.0. The van der Waals surface area contributed by atoms with E-state index in [2.05, 4.69) is 10.3 Å². The number of rotatable bonds is 3. The lowest BCUT2D eigenvalue weighted by molar-refractivity contribution is 0.0536. The molecule has 1 aliphatic heterocycles. The normalized spacial score (nSPS) is 19.5. The molecule has 1 saturated heterocycles. The van der Waals surface area contributed by atoms with Crippen LogP contribution in [-0.2, 0) is 4.74 Å². The molecule has 98 valence electrons. The minimum atomic E-state index is -0.0993. The van der Waals surface area contributed by atoms with E-state index in [0.717, 1.165) is 31.7 Å². The molecule has 2 rings (SSSR count). The zero-order valence-corrected chi connectivity index (χ0v) is 10.6. The first-order valence-electron chi connectivity index (χ1n) is 6.25. The Morgan fingerprint density at radius 3 is 3.11 bits per heavy atom. The summed E-state index contributed by atoms with van der Waals surface area (Å²) in [6, 6.07) is 3.34. The highest BCUT2D eigenvalue weighted by molar-refractivity contribution is 5.94. The molecule has 1 atom stereocenters. The minimum Gasteiger partial charge on any atom is -0.384 e. The van der Waals surface area contributed by atoms with Crippen molar-refractivity contribution in [2.24, 2.45) is 5.92 Å². The van der Waals surface area contributed by atoms with Crippen molar-refractivity contribution in [3.8, 4) is 0 Å². The summed E-state index contributed by atoms with van der Waals surface area (Å²) in [5.41, 5.74) is 6.94. The van der Waals surface area contributed by atoms with Gasteiger partial charge in [0.25, 0.3) is 5.91 Å². The van der Waals surface area contributed by atoms with Crippen LogP contribution in [0.2, 0.25) is 0 Å². The van der Waals surface area contributed by atoms with Gasteiger partial charge < -0.3 is 15.8 Å². The number of aromatic nitrogens is 1. The number of carbonyl (C=O) groups is 1. The highest BCUT2D eigenvalue weighted by atomic mass is 16.5. The topological polar surface area (TPSA) is 77.2 Å². The number of anilines is 1. The Morgan fingerprint density at radius 2 is 2.44 bits per heavy atom. The summed E-state index contributed by atoms with van der Waals surface area (Å²) >= 11 is 0. The molecule has 1 aliphatic rings. The molecule has 1 amide bonds. The number of amides is 1. The van der Waals surface area contributed by atoms with Crippen molar-refractivity contribution in [3.05, 3.63) is 23.4 Å². The minimum absolute atomic E-state index is 0.0993. The summed E-state index contributed by atoms with van der Waals surface area (Å²) in [6.07, 6.45) is 2.18. The summed E-state index contributed by atoms with van der Waals surface area (Å²) in [7, 11) is 0. The molecule has 18 heavy (non-hydrogen) atoms. The van der Waals surface area contributed by atoms with E-state index in [1.165, 1.54) is 0 Å². The van der Waals surface area contributed by atoms with Gasteiger partial charge in [-0.05, 0) is 37.8 Å². The largest absolute Gasteiger partial charge is 0.384 e. The Labute approximate surface area is 107 Å². The first kappa shape index (κ1) is 12.8. The van der Waals surface area contributed by atoms with Crippen LogP contribution in [0.15, 0.2) is 12.1 Å². The number of pyridine rings is 1. The number of hydrogen-bond acceptors (Lipinski definition) is 4. The number of carbonyl (C=O) groups excluding carboxylic acids is 1. The maximum absolute atomic E-state index is 12.0. The van der Waals surface area contributed by atoms with E-state index in [1.807, 2.05) is 6.92 Å². The molecule has 0 saturated carbocycles. The number of hydrogen-bond donors (Lipinski definition) is 2. The first-order chi connectivity index (χ1) is 8.65. The average Bonchev–Trinajstić information content (AvgIpc) is 2.36. The van der Waals surface area contributed by atoms with Crippen molar-refractivity contribution in [1.29, 1.82) is 0 Å². The molecular formula is C13H19N3O2. The predicted molar refractivity (Wildman–Crippen MR) is 69.3 cm³/mol. The molecule has 0 aromatic carbocycles. The van der Waals surface area contributed by atoms with Crippen LogP contribution >= 0.6 is 0 Å². The fourth-order valence-corrected chi connectivity index (χ4v) is 2.13. The van der Waals surface area contributed by atoms with Crippen LogP contribution in [0.5, 0.6) is 0 Å². The van der Waals surface area contributed by atoms with Gasteiger partial charge in [-0.3, -0.25) is 4.79 Å². The summed E-state index contributed by atoms with van der Waals surface area (Å²) in [5.74, 6) is 0.696. The monoisotopic (exact) mass is 249 g/mol. The van der Waals surface area contributed by atoms with Gasteiger partial charge in [0, 0.05) is 24.4 Å². The van der Waals surface area contributed by atoms with Gasteiger partial charge in [-0.25, -0.2) is 4.98 Å². The molecular weight excluding hydrogens is 230 g/mol. The molecule has 2 heterocycles. The summed E-state index contributed by atoms with van der Waals surface area (Å²) < 4.78 is 5.38. The quantitative estimate of drug-likeness (QED) is 0.841. The fraction of sp³-hybridized carbons (Fsp3) is 0.538. The van der Waals surface area contributed by atoms with E-state index in [1.54, 1.807) is 12.1 Å². The number of nitrogens with one attached hydrogen (secondary N) is 1. The van der Waals surface area contributed by atoms with Crippen LogP contribution in [0, 0.1) is 12.8 Å². The number of ether oxygens (including phenoxy) is 1. The Morgan fingerprint density at radius 1 is 1.61 bits per heavy atom. The Kier molecular flexibility index (Phi) is 4.15. The molecule has 1 aromatic heterocycles. The molecule has 0 radical (unpaired) electrons. The van der Waals surface area contributed by atoms with Crippen LogP contribution in [0.1, 0.15) is 28.9 Å². The van der Waals surface area contributed by atoms with Crippen molar-refractivity contribution in [2.45, 2.75) is 19.8 Å². The molecule has 1 fully saturated rings. The predicted octanol–water partition coefficient (Wildman–Crippen LogP) is 1.13. The van der Waals surface area contributed by atoms with Crippen molar-refractivity contribution in [2.75, 3.05) is 25.5 Å². The smallest absolute Gasteiger partial charge is 0.251 e. The zero-order valence-electron chi connectivity index (χ0n) is 10.6. The van der Waals surface area contributed by atoms with Crippen molar-refractivity contribution >= 4 is 11.7 Å². The lowest BCUT2D eigenvalue weighted by Gasteiger charge is -2.22. The summed E-state index contributed by atoms with van der Waals surface area (Å²) in [4.78, 5) is 16.0. The second-order valence-electron chi connectivity index (χ2n) is 4.72. The number of aryl methyl sites for hydroxylation is 1. The van der Waals surface area contributed by atoms with Gasteiger partial charge in [0.1, 0.15) is 5.82 Å². The SMILES string of the molecule is Cc1cc(C(=O)NCC2CCCOC2)cc(N)n1. The molecule has 0 spiro atoms.